The molecule has 1 heterocycles. The summed E-state index contributed by atoms with van der Waals surface area (Å²) in [6.07, 6.45) is -3.69. The SMILES string of the molecule is Cc1c(OCc2ccc(C3CC3)c(C(F)(F)F)c2)ccc2c1CCN2C(=O)CC(C(=O)O)N(C)C(=O)OC(C)(C)C. The third kappa shape index (κ3) is 6.94. The van der Waals surface area contributed by atoms with Crippen molar-refractivity contribution in [2.24, 2.45) is 0 Å². The van der Waals surface area contributed by atoms with E-state index in [4.69, 9.17) is 9.47 Å². The van der Waals surface area contributed by atoms with Gasteiger partial charge in [-0.3, -0.25) is 9.69 Å². The van der Waals surface area contributed by atoms with E-state index in [-0.39, 0.29) is 12.5 Å². The van der Waals surface area contributed by atoms with Crippen LogP contribution < -0.4 is 9.64 Å². The van der Waals surface area contributed by atoms with Gasteiger partial charge in [0.25, 0.3) is 0 Å². The smallest absolute Gasteiger partial charge is 0.416 e. The summed E-state index contributed by atoms with van der Waals surface area (Å²) in [5.74, 6) is -1.33. The molecule has 11 heteroatoms. The lowest BCUT2D eigenvalue weighted by atomic mass is 10.00. The summed E-state index contributed by atoms with van der Waals surface area (Å²) in [5.41, 5.74) is 1.50. The number of ether oxygens (including phenoxy) is 2. The van der Waals surface area contributed by atoms with Crippen LogP contribution in [0.5, 0.6) is 5.75 Å². The van der Waals surface area contributed by atoms with Crippen LogP contribution in [0.2, 0.25) is 0 Å². The number of amides is 2. The van der Waals surface area contributed by atoms with Crippen molar-refractivity contribution in [3.63, 3.8) is 0 Å². The van der Waals surface area contributed by atoms with E-state index in [0.717, 1.165) is 34.9 Å². The second kappa shape index (κ2) is 11.3. The Kier molecular flexibility index (Phi) is 8.29. The summed E-state index contributed by atoms with van der Waals surface area (Å²) in [6.45, 7) is 7.06. The van der Waals surface area contributed by atoms with Gasteiger partial charge in [0.2, 0.25) is 5.91 Å². The molecule has 0 aromatic heterocycles. The summed E-state index contributed by atoms with van der Waals surface area (Å²) in [7, 11) is 1.28. The number of likely N-dealkylation sites (N-methyl/N-ethyl adjacent to an activating group) is 1. The van der Waals surface area contributed by atoms with E-state index in [2.05, 4.69) is 0 Å². The van der Waals surface area contributed by atoms with Crippen LogP contribution in [0.25, 0.3) is 0 Å². The maximum absolute atomic E-state index is 13.6. The van der Waals surface area contributed by atoms with Crippen LogP contribution in [0, 0.1) is 6.92 Å². The molecular formula is C30H35F3N2O6. The van der Waals surface area contributed by atoms with Gasteiger partial charge in [-0.25, -0.2) is 9.59 Å². The van der Waals surface area contributed by atoms with Crippen LogP contribution in [-0.4, -0.2) is 53.2 Å². The highest BCUT2D eigenvalue weighted by Gasteiger charge is 2.38. The Balaban J connectivity index is 1.46. The molecule has 2 amide bonds. The highest BCUT2D eigenvalue weighted by atomic mass is 19.4. The number of aliphatic carboxylic acids is 1. The zero-order chi connectivity index (χ0) is 30.3. The van der Waals surface area contributed by atoms with E-state index in [1.807, 2.05) is 6.92 Å². The molecule has 2 aliphatic rings. The molecule has 4 rings (SSSR count). The van der Waals surface area contributed by atoms with Gasteiger partial charge in [0, 0.05) is 19.3 Å². The molecule has 1 aliphatic heterocycles. The lowest BCUT2D eigenvalue weighted by molar-refractivity contribution is -0.144. The predicted molar refractivity (Wildman–Crippen MR) is 145 cm³/mol. The van der Waals surface area contributed by atoms with Crippen molar-refractivity contribution < 1.29 is 42.1 Å². The van der Waals surface area contributed by atoms with Crippen molar-refractivity contribution in [1.29, 1.82) is 0 Å². The molecule has 41 heavy (non-hydrogen) atoms. The first-order chi connectivity index (χ1) is 19.1. The molecule has 1 saturated carbocycles. The number of hydrogen-bond donors (Lipinski definition) is 1. The maximum atomic E-state index is 13.6. The third-order valence-corrected chi connectivity index (χ3v) is 7.34. The van der Waals surface area contributed by atoms with Gasteiger partial charge in [0.1, 0.15) is 24.0 Å². The van der Waals surface area contributed by atoms with Crippen LogP contribution in [-0.2, 0) is 33.5 Å². The van der Waals surface area contributed by atoms with Gasteiger partial charge in [-0.05, 0) is 93.3 Å². The molecule has 1 aliphatic carbocycles. The van der Waals surface area contributed by atoms with E-state index in [1.54, 1.807) is 45.0 Å². The number of carboxylic acids is 1. The first-order valence-corrected chi connectivity index (χ1v) is 13.5. The first kappa shape index (κ1) is 30.2. The van der Waals surface area contributed by atoms with Gasteiger partial charge in [0.05, 0.1) is 12.0 Å². The molecule has 1 N–H and O–H groups in total. The molecule has 0 radical (unpaired) electrons. The number of fused-ring (bicyclic) bond motifs is 1. The van der Waals surface area contributed by atoms with Crippen LogP contribution >= 0.6 is 0 Å². The second-order valence-electron chi connectivity index (χ2n) is 11.6. The Morgan fingerprint density at radius 2 is 1.80 bits per heavy atom. The number of rotatable bonds is 8. The monoisotopic (exact) mass is 576 g/mol. The van der Waals surface area contributed by atoms with Crippen LogP contribution in [0.1, 0.15) is 73.8 Å². The molecule has 2 aromatic rings. The number of anilines is 1. The van der Waals surface area contributed by atoms with Gasteiger partial charge in [0.15, 0.2) is 0 Å². The molecule has 1 atom stereocenters. The van der Waals surface area contributed by atoms with Crippen molar-refractivity contribution in [3.8, 4) is 5.75 Å². The number of halogens is 3. The number of benzene rings is 2. The largest absolute Gasteiger partial charge is 0.489 e. The van der Waals surface area contributed by atoms with Gasteiger partial charge in [-0.1, -0.05) is 12.1 Å². The molecule has 222 valence electrons. The summed E-state index contributed by atoms with van der Waals surface area (Å²) in [6, 6.07) is 6.29. The van der Waals surface area contributed by atoms with Crippen molar-refractivity contribution in [1.82, 2.24) is 4.90 Å². The molecule has 0 spiro atoms. The number of carboxylic acid groups (broad SMARTS) is 1. The van der Waals surface area contributed by atoms with E-state index in [0.29, 0.717) is 35.5 Å². The predicted octanol–water partition coefficient (Wildman–Crippen LogP) is 6.07. The number of alkyl halides is 3. The third-order valence-electron chi connectivity index (χ3n) is 7.34. The highest BCUT2D eigenvalue weighted by Crippen LogP contribution is 2.46. The van der Waals surface area contributed by atoms with Gasteiger partial charge in [-0.2, -0.15) is 13.2 Å². The zero-order valence-corrected chi connectivity index (χ0v) is 23.8. The van der Waals surface area contributed by atoms with Gasteiger partial charge < -0.3 is 19.5 Å². The Hall–Kier alpha value is -3.76. The summed E-state index contributed by atoms with van der Waals surface area (Å²) in [5, 5.41) is 9.72. The van der Waals surface area contributed by atoms with E-state index in [1.165, 1.54) is 11.9 Å². The number of nitrogens with zero attached hydrogens (tertiary/aromatic N) is 2. The number of hydrogen-bond acceptors (Lipinski definition) is 5. The van der Waals surface area contributed by atoms with Gasteiger partial charge >= 0.3 is 18.2 Å². The molecule has 8 nitrogen and oxygen atoms in total. The molecule has 0 saturated heterocycles. The Bertz CT molecular complexity index is 1350. The number of carbonyl (C=O) groups excluding carboxylic acids is 2. The zero-order valence-electron chi connectivity index (χ0n) is 23.8. The topological polar surface area (TPSA) is 96.4 Å². The maximum Gasteiger partial charge on any atom is 0.416 e. The standard InChI is InChI=1S/C30H35F3N2O6/c1-17-20-12-13-35(26(36)15-24(27(37)38)34(5)28(39)41-29(2,3)4)23(20)10-11-25(17)40-16-18-6-9-21(19-7-8-19)22(14-18)30(31,32)33/h6,9-11,14,19,24H,7-8,12-13,15-16H2,1-5H3,(H,37,38). The summed E-state index contributed by atoms with van der Waals surface area (Å²) < 4.78 is 52.1. The minimum atomic E-state index is -4.44. The second-order valence-corrected chi connectivity index (χ2v) is 11.6. The lowest BCUT2D eigenvalue weighted by Crippen LogP contribution is -2.47. The van der Waals surface area contributed by atoms with Crippen molar-refractivity contribution in [2.45, 2.75) is 83.7 Å². The van der Waals surface area contributed by atoms with Crippen LogP contribution in [0.15, 0.2) is 30.3 Å². The van der Waals surface area contributed by atoms with E-state index < -0.39 is 47.8 Å². The number of carbonyl (C=O) groups is 3. The summed E-state index contributed by atoms with van der Waals surface area (Å²) >= 11 is 0. The van der Waals surface area contributed by atoms with Gasteiger partial charge in [-0.15, -0.1) is 0 Å². The molecular weight excluding hydrogens is 541 g/mol. The minimum absolute atomic E-state index is 0.0327. The fourth-order valence-electron chi connectivity index (χ4n) is 5.03. The van der Waals surface area contributed by atoms with E-state index in [9.17, 15) is 32.7 Å². The van der Waals surface area contributed by atoms with Crippen LogP contribution in [0.3, 0.4) is 0 Å². The molecule has 0 bridgehead atoms. The highest BCUT2D eigenvalue weighted by molar-refractivity contribution is 5.98. The van der Waals surface area contributed by atoms with Crippen molar-refractivity contribution in [2.75, 3.05) is 18.5 Å². The minimum Gasteiger partial charge on any atom is -0.489 e. The van der Waals surface area contributed by atoms with Crippen molar-refractivity contribution in [3.05, 3.63) is 58.1 Å². The lowest BCUT2D eigenvalue weighted by Gasteiger charge is -2.29. The quantitative estimate of drug-likeness (QED) is 0.410. The Morgan fingerprint density at radius 1 is 1.12 bits per heavy atom. The Labute approximate surface area is 237 Å². The molecule has 1 fully saturated rings. The first-order valence-electron chi connectivity index (χ1n) is 13.5. The van der Waals surface area contributed by atoms with Crippen molar-refractivity contribution >= 4 is 23.7 Å². The summed E-state index contributed by atoms with van der Waals surface area (Å²) in [4.78, 5) is 39.9. The fraction of sp³-hybridized carbons (Fsp3) is 0.500. The Morgan fingerprint density at radius 3 is 2.39 bits per heavy atom. The van der Waals surface area contributed by atoms with Crippen LogP contribution in [0.4, 0.5) is 23.7 Å². The molecule has 1 unspecified atom stereocenters. The molecule has 2 aromatic carbocycles. The average molecular weight is 577 g/mol. The van der Waals surface area contributed by atoms with E-state index >= 15 is 0 Å². The normalized spacial score (nSPS) is 15.8. The fourth-order valence-corrected chi connectivity index (χ4v) is 5.03. The average Bonchev–Trinajstić information content (AvgIpc) is 3.62.